The zero-order chi connectivity index (χ0) is 16.8. The quantitative estimate of drug-likeness (QED) is 0.768. The van der Waals surface area contributed by atoms with Crippen LogP contribution in [0.15, 0.2) is 36.7 Å². The average Bonchev–Trinajstić information content (AvgIpc) is 3.15. The Morgan fingerprint density at radius 3 is 2.88 bits per heavy atom. The zero-order valence-corrected chi connectivity index (χ0v) is 13.6. The minimum Gasteiger partial charge on any atom is -0.393 e. The van der Waals surface area contributed by atoms with Gasteiger partial charge in [-0.1, -0.05) is 6.07 Å². The van der Waals surface area contributed by atoms with Crippen LogP contribution in [0.25, 0.3) is 5.82 Å². The Morgan fingerprint density at radius 1 is 1.29 bits per heavy atom. The molecule has 128 valence electrons. The molecule has 0 saturated carbocycles. The second kappa shape index (κ2) is 8.03. The standard InChI is InChI=1S/C17H23N5O2/c23-14-6-12-21(13-7-14)10-2-8-18-17(24)15-4-1-5-16(20-15)22-11-3-9-19-22/h1,3-5,9,11,14,23H,2,6-8,10,12-13H2,(H,18,24). The number of likely N-dealkylation sites (tertiary alicyclic amines) is 1. The van der Waals surface area contributed by atoms with Gasteiger partial charge in [0.2, 0.25) is 0 Å². The molecule has 7 heteroatoms. The van der Waals surface area contributed by atoms with E-state index in [-0.39, 0.29) is 12.0 Å². The van der Waals surface area contributed by atoms with E-state index in [0.717, 1.165) is 38.9 Å². The molecule has 0 aromatic carbocycles. The van der Waals surface area contributed by atoms with Crippen LogP contribution in [0, 0.1) is 0 Å². The number of aromatic nitrogens is 3. The molecule has 1 aliphatic heterocycles. The lowest BCUT2D eigenvalue weighted by atomic mass is 10.1. The first-order chi connectivity index (χ1) is 11.7. The number of hydrogen-bond acceptors (Lipinski definition) is 5. The average molecular weight is 329 g/mol. The van der Waals surface area contributed by atoms with Crippen molar-refractivity contribution in [1.29, 1.82) is 0 Å². The van der Waals surface area contributed by atoms with Gasteiger partial charge in [0.25, 0.3) is 5.91 Å². The molecule has 0 bridgehead atoms. The summed E-state index contributed by atoms with van der Waals surface area (Å²) in [5.74, 6) is 0.456. The smallest absolute Gasteiger partial charge is 0.269 e. The van der Waals surface area contributed by atoms with Crippen LogP contribution < -0.4 is 5.32 Å². The van der Waals surface area contributed by atoms with Crippen molar-refractivity contribution in [2.24, 2.45) is 0 Å². The molecule has 0 aliphatic carbocycles. The molecule has 0 unspecified atom stereocenters. The van der Waals surface area contributed by atoms with Gasteiger partial charge < -0.3 is 15.3 Å². The predicted octanol–water partition coefficient (Wildman–Crippen LogP) is 0.844. The van der Waals surface area contributed by atoms with Crippen LogP contribution in [0.5, 0.6) is 0 Å². The monoisotopic (exact) mass is 329 g/mol. The van der Waals surface area contributed by atoms with Gasteiger partial charge in [0.05, 0.1) is 6.10 Å². The summed E-state index contributed by atoms with van der Waals surface area (Å²) in [6.45, 7) is 3.42. The number of nitrogens with zero attached hydrogens (tertiary/aromatic N) is 4. The van der Waals surface area contributed by atoms with Crippen molar-refractivity contribution >= 4 is 5.91 Å². The number of hydrogen-bond donors (Lipinski definition) is 2. The highest BCUT2D eigenvalue weighted by atomic mass is 16.3. The van der Waals surface area contributed by atoms with Crippen LogP contribution in [0.2, 0.25) is 0 Å². The van der Waals surface area contributed by atoms with E-state index in [1.807, 2.05) is 12.1 Å². The maximum Gasteiger partial charge on any atom is 0.269 e. The molecule has 1 aliphatic rings. The molecule has 0 spiro atoms. The number of nitrogens with one attached hydrogen (secondary N) is 1. The van der Waals surface area contributed by atoms with Crippen molar-refractivity contribution in [2.75, 3.05) is 26.2 Å². The van der Waals surface area contributed by atoms with Crippen molar-refractivity contribution in [2.45, 2.75) is 25.4 Å². The van der Waals surface area contributed by atoms with E-state index in [9.17, 15) is 9.90 Å². The number of amides is 1. The first-order valence-electron chi connectivity index (χ1n) is 8.38. The van der Waals surface area contributed by atoms with Crippen LogP contribution in [0.1, 0.15) is 29.8 Å². The molecule has 2 aromatic rings. The third kappa shape index (κ3) is 4.39. The Kier molecular flexibility index (Phi) is 5.55. The summed E-state index contributed by atoms with van der Waals surface area (Å²) in [5.41, 5.74) is 0.393. The second-order valence-corrected chi connectivity index (χ2v) is 6.01. The van der Waals surface area contributed by atoms with E-state index in [4.69, 9.17) is 0 Å². The molecule has 24 heavy (non-hydrogen) atoms. The molecule has 0 radical (unpaired) electrons. The van der Waals surface area contributed by atoms with Crippen LogP contribution in [0.3, 0.4) is 0 Å². The summed E-state index contributed by atoms with van der Waals surface area (Å²) in [5, 5.41) is 16.5. The van der Waals surface area contributed by atoms with E-state index in [2.05, 4.69) is 20.3 Å². The minimum atomic E-state index is -0.168. The van der Waals surface area contributed by atoms with Crippen molar-refractivity contribution < 1.29 is 9.90 Å². The lowest BCUT2D eigenvalue weighted by Gasteiger charge is -2.29. The first-order valence-corrected chi connectivity index (χ1v) is 8.38. The Morgan fingerprint density at radius 2 is 2.12 bits per heavy atom. The Hall–Kier alpha value is -2.25. The molecule has 2 aromatic heterocycles. The van der Waals surface area contributed by atoms with Crippen molar-refractivity contribution in [1.82, 2.24) is 25.0 Å². The summed E-state index contributed by atoms with van der Waals surface area (Å²) in [6, 6.07) is 7.13. The summed E-state index contributed by atoms with van der Waals surface area (Å²) >= 11 is 0. The lowest BCUT2D eigenvalue weighted by molar-refractivity contribution is 0.0816. The second-order valence-electron chi connectivity index (χ2n) is 6.01. The van der Waals surface area contributed by atoms with Crippen molar-refractivity contribution in [3.63, 3.8) is 0 Å². The molecule has 2 N–H and O–H groups in total. The maximum atomic E-state index is 12.2. The number of aliphatic hydroxyl groups excluding tert-OH is 1. The summed E-state index contributed by atoms with van der Waals surface area (Å²) in [7, 11) is 0. The Labute approximate surface area is 141 Å². The first kappa shape index (κ1) is 16.6. The number of rotatable bonds is 6. The van der Waals surface area contributed by atoms with Gasteiger partial charge >= 0.3 is 0 Å². The van der Waals surface area contributed by atoms with Crippen LogP contribution in [0.4, 0.5) is 0 Å². The molecule has 3 rings (SSSR count). The van der Waals surface area contributed by atoms with Crippen molar-refractivity contribution in [3.8, 4) is 5.82 Å². The number of carbonyl (C=O) groups excluding carboxylic acids is 1. The molecule has 7 nitrogen and oxygen atoms in total. The predicted molar refractivity (Wildman–Crippen MR) is 90.0 cm³/mol. The van der Waals surface area contributed by atoms with Gasteiger partial charge in [-0.3, -0.25) is 4.79 Å². The van der Waals surface area contributed by atoms with Gasteiger partial charge in [-0.25, -0.2) is 9.67 Å². The van der Waals surface area contributed by atoms with Gasteiger partial charge in [-0.2, -0.15) is 5.10 Å². The Bertz CT molecular complexity index is 651. The fourth-order valence-corrected chi connectivity index (χ4v) is 2.82. The molecular formula is C17H23N5O2. The number of aliphatic hydroxyl groups is 1. The Balaban J connectivity index is 1.44. The van der Waals surface area contributed by atoms with Gasteiger partial charge in [-0.05, 0) is 44.0 Å². The highest BCUT2D eigenvalue weighted by Crippen LogP contribution is 2.09. The molecule has 0 atom stereocenters. The summed E-state index contributed by atoms with van der Waals surface area (Å²) in [6.07, 6.45) is 5.90. The highest BCUT2D eigenvalue weighted by molar-refractivity contribution is 5.92. The van der Waals surface area contributed by atoms with Crippen LogP contribution in [-0.2, 0) is 0 Å². The maximum absolute atomic E-state index is 12.2. The van der Waals surface area contributed by atoms with Crippen molar-refractivity contribution in [3.05, 3.63) is 42.4 Å². The normalized spacial score (nSPS) is 16.2. The van der Waals surface area contributed by atoms with Crippen LogP contribution in [-0.4, -0.2) is 63.0 Å². The molecule has 1 fully saturated rings. The highest BCUT2D eigenvalue weighted by Gasteiger charge is 2.16. The third-order valence-electron chi connectivity index (χ3n) is 4.20. The van der Waals surface area contributed by atoms with E-state index >= 15 is 0 Å². The van der Waals surface area contributed by atoms with Gasteiger partial charge in [0, 0.05) is 32.0 Å². The summed E-state index contributed by atoms with van der Waals surface area (Å²) < 4.78 is 1.63. The molecule has 1 amide bonds. The number of carbonyl (C=O) groups is 1. The number of pyridine rings is 1. The molecule has 1 saturated heterocycles. The van der Waals surface area contributed by atoms with E-state index in [0.29, 0.717) is 18.1 Å². The SMILES string of the molecule is O=C(NCCCN1CCC(O)CC1)c1cccc(-n2cccn2)n1. The summed E-state index contributed by atoms with van der Waals surface area (Å²) in [4.78, 5) is 18.9. The lowest BCUT2D eigenvalue weighted by Crippen LogP contribution is -2.37. The van der Waals surface area contributed by atoms with E-state index in [1.54, 1.807) is 29.2 Å². The van der Waals surface area contributed by atoms with E-state index in [1.165, 1.54) is 0 Å². The topological polar surface area (TPSA) is 83.3 Å². The third-order valence-corrected chi connectivity index (χ3v) is 4.20. The fraction of sp³-hybridized carbons (Fsp3) is 0.471. The van der Waals surface area contributed by atoms with Gasteiger partial charge in [0.1, 0.15) is 5.69 Å². The molecular weight excluding hydrogens is 306 g/mol. The van der Waals surface area contributed by atoms with Crippen LogP contribution >= 0.6 is 0 Å². The van der Waals surface area contributed by atoms with E-state index < -0.39 is 0 Å². The minimum absolute atomic E-state index is 0.144. The fourth-order valence-electron chi connectivity index (χ4n) is 2.82. The largest absolute Gasteiger partial charge is 0.393 e. The van der Waals surface area contributed by atoms with Gasteiger partial charge in [0.15, 0.2) is 5.82 Å². The number of piperidine rings is 1. The molecule has 3 heterocycles. The van der Waals surface area contributed by atoms with Gasteiger partial charge in [-0.15, -0.1) is 0 Å². The zero-order valence-electron chi connectivity index (χ0n) is 13.6.